The molecule has 1 aliphatic rings. The number of hydrogen-bond acceptors (Lipinski definition) is 3. The highest BCUT2D eigenvalue weighted by atomic mass is 127. The van der Waals surface area contributed by atoms with E-state index < -0.39 is 0 Å². The molecule has 1 saturated heterocycles. The molecule has 1 heterocycles. The van der Waals surface area contributed by atoms with Crippen molar-refractivity contribution >= 4 is 41.8 Å². The molecule has 2 amide bonds. The van der Waals surface area contributed by atoms with Gasteiger partial charge in [-0.3, -0.25) is 14.6 Å². The van der Waals surface area contributed by atoms with Gasteiger partial charge in [0.05, 0.1) is 0 Å². The molecule has 0 spiro atoms. The van der Waals surface area contributed by atoms with E-state index in [1.165, 1.54) is 0 Å². The van der Waals surface area contributed by atoms with Gasteiger partial charge in [-0.2, -0.15) is 0 Å². The van der Waals surface area contributed by atoms with Crippen molar-refractivity contribution in [2.24, 2.45) is 16.6 Å². The lowest BCUT2D eigenvalue weighted by Crippen LogP contribution is -2.46. The Morgan fingerprint density at radius 1 is 1.31 bits per heavy atom. The second-order valence-corrected chi connectivity index (χ2v) is 8.43. The molecule has 1 aliphatic heterocycles. The number of aliphatic imine (C=N–C) groups is 1. The second-order valence-electron chi connectivity index (χ2n) is 8.43. The summed E-state index contributed by atoms with van der Waals surface area (Å²) in [5, 5.41) is 6.35. The Morgan fingerprint density at radius 2 is 2.03 bits per heavy atom. The third-order valence-electron chi connectivity index (χ3n) is 4.65. The Labute approximate surface area is 190 Å². The van der Waals surface area contributed by atoms with Crippen LogP contribution >= 0.6 is 24.0 Å². The largest absolute Gasteiger partial charge is 0.370 e. The Morgan fingerprint density at radius 3 is 2.66 bits per heavy atom. The lowest BCUT2D eigenvalue weighted by atomic mass is 9.95. The van der Waals surface area contributed by atoms with Gasteiger partial charge in [-0.05, 0) is 57.2 Å². The van der Waals surface area contributed by atoms with Gasteiger partial charge in [0.15, 0.2) is 5.96 Å². The van der Waals surface area contributed by atoms with E-state index >= 15 is 0 Å². The van der Waals surface area contributed by atoms with Gasteiger partial charge in [-0.1, -0.05) is 12.1 Å². The molecule has 162 valence electrons. The van der Waals surface area contributed by atoms with E-state index in [1.807, 2.05) is 45.0 Å². The predicted octanol–water partition coefficient (Wildman–Crippen LogP) is 2.50. The van der Waals surface area contributed by atoms with E-state index in [1.54, 1.807) is 7.05 Å². The molecule has 1 unspecified atom stereocenters. The second kappa shape index (κ2) is 11.4. The molecule has 2 rings (SSSR count). The summed E-state index contributed by atoms with van der Waals surface area (Å²) in [6.45, 7) is 8.14. The number of halogens is 1. The zero-order valence-electron chi connectivity index (χ0n) is 17.8. The first kappa shape index (κ1) is 25.2. The number of amides is 2. The first-order chi connectivity index (χ1) is 13.2. The fraction of sp³-hybridized carbons (Fsp3) is 0.571. The molecule has 0 radical (unpaired) electrons. The van der Waals surface area contributed by atoms with Crippen molar-refractivity contribution in [1.82, 2.24) is 15.5 Å². The first-order valence-corrected chi connectivity index (χ1v) is 9.83. The number of piperidine rings is 1. The highest BCUT2D eigenvalue weighted by Gasteiger charge is 2.23. The number of rotatable bonds is 5. The van der Waals surface area contributed by atoms with Crippen molar-refractivity contribution in [3.63, 3.8) is 0 Å². The first-order valence-electron chi connectivity index (χ1n) is 9.83. The highest BCUT2D eigenvalue weighted by molar-refractivity contribution is 14.0. The molecule has 1 fully saturated rings. The quantitative estimate of drug-likeness (QED) is 0.319. The van der Waals surface area contributed by atoms with Crippen LogP contribution in [0.1, 0.15) is 56.0 Å². The molecule has 0 aromatic heterocycles. The molecule has 7 nitrogen and oxygen atoms in total. The number of carbonyl (C=O) groups excluding carboxylic acids is 2. The van der Waals surface area contributed by atoms with Crippen molar-refractivity contribution < 1.29 is 9.59 Å². The van der Waals surface area contributed by atoms with Gasteiger partial charge in [0.1, 0.15) is 0 Å². The van der Waals surface area contributed by atoms with Crippen molar-refractivity contribution in [2.75, 3.05) is 20.1 Å². The summed E-state index contributed by atoms with van der Waals surface area (Å²) in [7, 11) is 1.76. The summed E-state index contributed by atoms with van der Waals surface area (Å²) in [4.78, 5) is 30.2. The van der Waals surface area contributed by atoms with Crippen LogP contribution in [0.15, 0.2) is 29.3 Å². The number of primary amides is 1. The van der Waals surface area contributed by atoms with E-state index in [2.05, 4.69) is 20.5 Å². The third-order valence-corrected chi connectivity index (χ3v) is 4.65. The SMILES string of the molecule is CN=C(NCc1cccc(C(=O)NC(C)(C)C)c1)N1CCCC(CC(N)=O)C1.I. The van der Waals surface area contributed by atoms with Gasteiger partial charge in [0.25, 0.3) is 5.91 Å². The average molecular weight is 515 g/mol. The van der Waals surface area contributed by atoms with Crippen molar-refractivity contribution in [1.29, 1.82) is 0 Å². The van der Waals surface area contributed by atoms with Crippen LogP contribution in [0.25, 0.3) is 0 Å². The number of nitrogens with two attached hydrogens (primary N) is 1. The molecule has 0 saturated carbocycles. The Balaban J connectivity index is 0.00000420. The smallest absolute Gasteiger partial charge is 0.251 e. The van der Waals surface area contributed by atoms with E-state index in [0.29, 0.717) is 18.5 Å². The van der Waals surface area contributed by atoms with Crippen LogP contribution in [0.3, 0.4) is 0 Å². The van der Waals surface area contributed by atoms with Crippen LogP contribution in [0, 0.1) is 5.92 Å². The topological polar surface area (TPSA) is 99.8 Å². The lowest BCUT2D eigenvalue weighted by Gasteiger charge is -2.34. The summed E-state index contributed by atoms with van der Waals surface area (Å²) in [5.41, 5.74) is 6.73. The van der Waals surface area contributed by atoms with Crippen LogP contribution in [0.2, 0.25) is 0 Å². The molecule has 4 N–H and O–H groups in total. The summed E-state index contributed by atoms with van der Waals surface area (Å²) in [6.07, 6.45) is 2.45. The number of nitrogens with one attached hydrogen (secondary N) is 2. The van der Waals surface area contributed by atoms with Crippen molar-refractivity contribution in [3.05, 3.63) is 35.4 Å². The van der Waals surface area contributed by atoms with E-state index in [-0.39, 0.29) is 47.2 Å². The number of carbonyl (C=O) groups is 2. The zero-order valence-corrected chi connectivity index (χ0v) is 20.2. The maximum atomic E-state index is 12.4. The molecule has 1 atom stereocenters. The van der Waals surface area contributed by atoms with Crippen LogP contribution in [0.5, 0.6) is 0 Å². The number of likely N-dealkylation sites (tertiary alicyclic amines) is 1. The third kappa shape index (κ3) is 8.59. The monoisotopic (exact) mass is 515 g/mol. The predicted molar refractivity (Wildman–Crippen MR) is 127 cm³/mol. The summed E-state index contributed by atoms with van der Waals surface area (Å²) in [6, 6.07) is 7.59. The summed E-state index contributed by atoms with van der Waals surface area (Å²) >= 11 is 0. The van der Waals surface area contributed by atoms with E-state index in [0.717, 1.165) is 37.5 Å². The molecule has 0 bridgehead atoms. The fourth-order valence-electron chi connectivity index (χ4n) is 3.46. The standard InChI is InChI=1S/C21H33N5O2.HI/c1-21(2,3)25-19(28)17-9-5-7-15(11-17)13-24-20(23-4)26-10-6-8-16(14-26)12-18(22)27;/h5,7,9,11,16H,6,8,10,12-14H2,1-4H3,(H2,22,27)(H,23,24)(H,25,28);1H. The minimum atomic E-state index is -0.275. The summed E-state index contributed by atoms with van der Waals surface area (Å²) in [5.74, 6) is 0.747. The van der Waals surface area contributed by atoms with Gasteiger partial charge in [-0.15, -0.1) is 24.0 Å². The van der Waals surface area contributed by atoms with Gasteiger partial charge in [-0.25, -0.2) is 0 Å². The number of nitrogens with zero attached hydrogens (tertiary/aromatic N) is 2. The lowest BCUT2D eigenvalue weighted by molar-refractivity contribution is -0.119. The van der Waals surface area contributed by atoms with Gasteiger partial charge in [0.2, 0.25) is 5.91 Å². The van der Waals surface area contributed by atoms with Crippen LogP contribution < -0.4 is 16.4 Å². The van der Waals surface area contributed by atoms with Crippen molar-refractivity contribution in [2.45, 2.75) is 52.1 Å². The summed E-state index contributed by atoms with van der Waals surface area (Å²) < 4.78 is 0. The van der Waals surface area contributed by atoms with Crippen LogP contribution in [0.4, 0.5) is 0 Å². The fourth-order valence-corrected chi connectivity index (χ4v) is 3.46. The Hall–Kier alpha value is -1.84. The Bertz CT molecular complexity index is 730. The van der Waals surface area contributed by atoms with Crippen LogP contribution in [-0.4, -0.2) is 48.3 Å². The van der Waals surface area contributed by atoms with Crippen molar-refractivity contribution in [3.8, 4) is 0 Å². The van der Waals surface area contributed by atoms with E-state index in [4.69, 9.17) is 5.73 Å². The molecule has 8 heteroatoms. The maximum absolute atomic E-state index is 12.4. The van der Waals surface area contributed by atoms with Gasteiger partial charge in [0, 0.05) is 44.2 Å². The maximum Gasteiger partial charge on any atom is 0.251 e. The number of hydrogen-bond donors (Lipinski definition) is 3. The van der Waals surface area contributed by atoms with Gasteiger partial charge >= 0.3 is 0 Å². The van der Waals surface area contributed by atoms with E-state index in [9.17, 15) is 9.59 Å². The molecule has 0 aliphatic carbocycles. The highest BCUT2D eigenvalue weighted by Crippen LogP contribution is 2.19. The number of guanidine groups is 1. The van der Waals surface area contributed by atoms with Gasteiger partial charge < -0.3 is 21.3 Å². The Kier molecular flexibility index (Phi) is 9.88. The molecule has 1 aromatic rings. The molecular formula is C21H34IN5O2. The van der Waals surface area contributed by atoms with Crippen LogP contribution in [-0.2, 0) is 11.3 Å². The normalized spacial score (nSPS) is 17.3. The molecule has 29 heavy (non-hydrogen) atoms. The average Bonchev–Trinajstić information content (AvgIpc) is 2.61. The molecular weight excluding hydrogens is 481 g/mol. The minimum Gasteiger partial charge on any atom is -0.370 e. The molecule has 1 aromatic carbocycles. The number of benzene rings is 1. The zero-order chi connectivity index (χ0) is 20.7. The minimum absolute atomic E-state index is 0.